The van der Waals surface area contributed by atoms with Gasteiger partial charge in [0.2, 0.25) is 0 Å². The first-order valence-electron chi connectivity index (χ1n) is 9.00. The topological polar surface area (TPSA) is 56.8 Å². The highest BCUT2D eigenvalue weighted by Gasteiger charge is 2.11. The normalized spacial score (nSPS) is 10.8. The van der Waals surface area contributed by atoms with Crippen LogP contribution in [0.1, 0.15) is 30.9 Å². The molecule has 0 saturated heterocycles. The fourth-order valence-electron chi connectivity index (χ4n) is 2.57. The number of ether oxygens (including phenoxy) is 3. The summed E-state index contributed by atoms with van der Waals surface area (Å²) >= 11 is 0. The average Bonchev–Trinajstić information content (AvgIpc) is 2.66. The summed E-state index contributed by atoms with van der Waals surface area (Å²) in [6.07, 6.45) is 0.457. The molecule has 7 heteroatoms. The second kappa shape index (κ2) is 10.5. The average molecular weight is 393 g/mol. The van der Waals surface area contributed by atoms with Crippen molar-refractivity contribution in [1.82, 2.24) is 5.32 Å². The van der Waals surface area contributed by atoms with E-state index in [1.807, 2.05) is 18.2 Å². The van der Waals surface area contributed by atoms with Crippen molar-refractivity contribution in [3.63, 3.8) is 0 Å². The zero-order chi connectivity index (χ0) is 20.5. The minimum atomic E-state index is -2.94. The molecule has 2 aromatic rings. The number of carbonyl (C=O) groups is 1. The molecule has 0 atom stereocenters. The van der Waals surface area contributed by atoms with Gasteiger partial charge in [-0.2, -0.15) is 8.78 Å². The van der Waals surface area contributed by atoms with Gasteiger partial charge >= 0.3 is 6.61 Å². The van der Waals surface area contributed by atoms with Crippen LogP contribution in [-0.2, 0) is 11.2 Å². The minimum absolute atomic E-state index is 0.0327. The van der Waals surface area contributed by atoms with Gasteiger partial charge in [0.05, 0.1) is 7.11 Å². The highest BCUT2D eigenvalue weighted by molar-refractivity contribution is 5.77. The molecule has 5 nitrogen and oxygen atoms in total. The monoisotopic (exact) mass is 393 g/mol. The minimum Gasteiger partial charge on any atom is -0.493 e. The molecule has 0 heterocycles. The lowest BCUT2D eigenvalue weighted by atomic mass is 10.0. The van der Waals surface area contributed by atoms with Gasteiger partial charge in [0, 0.05) is 6.54 Å². The van der Waals surface area contributed by atoms with Crippen LogP contribution in [0.25, 0.3) is 0 Å². The third kappa shape index (κ3) is 6.72. The second-order valence-electron chi connectivity index (χ2n) is 6.48. The summed E-state index contributed by atoms with van der Waals surface area (Å²) in [7, 11) is 1.38. The Morgan fingerprint density at radius 1 is 1.11 bits per heavy atom. The lowest BCUT2D eigenvalue weighted by Gasteiger charge is -2.12. The van der Waals surface area contributed by atoms with E-state index in [1.165, 1.54) is 13.2 Å². The molecule has 0 aliphatic rings. The van der Waals surface area contributed by atoms with Gasteiger partial charge in [-0.3, -0.25) is 4.79 Å². The zero-order valence-electron chi connectivity index (χ0n) is 16.2. The van der Waals surface area contributed by atoms with Crippen LogP contribution in [0, 0.1) is 0 Å². The molecule has 0 aliphatic carbocycles. The van der Waals surface area contributed by atoms with Crippen LogP contribution in [-0.4, -0.2) is 32.8 Å². The second-order valence-corrected chi connectivity index (χ2v) is 6.48. The van der Waals surface area contributed by atoms with E-state index in [9.17, 15) is 13.6 Å². The molecular formula is C21H25F2NO4. The van der Waals surface area contributed by atoms with E-state index in [0.29, 0.717) is 24.6 Å². The molecule has 0 bridgehead atoms. The molecule has 2 rings (SSSR count). The standard InChI is InChI=1S/C21H25F2NO4/c1-14(2)16-5-4-6-17(12-16)27-13-20(25)24-10-9-15-7-8-18(26-3)19(11-15)28-21(22)23/h4-8,11-12,14,21H,9-10,13H2,1-3H3,(H,24,25). The molecule has 28 heavy (non-hydrogen) atoms. The van der Waals surface area contributed by atoms with Gasteiger partial charge in [-0.05, 0) is 47.7 Å². The summed E-state index contributed by atoms with van der Waals surface area (Å²) in [6.45, 7) is 1.49. The third-order valence-electron chi connectivity index (χ3n) is 4.07. The number of benzene rings is 2. The highest BCUT2D eigenvalue weighted by Crippen LogP contribution is 2.29. The van der Waals surface area contributed by atoms with Crippen molar-refractivity contribution >= 4 is 5.91 Å². The number of methoxy groups -OCH3 is 1. The van der Waals surface area contributed by atoms with Crippen molar-refractivity contribution in [3.8, 4) is 17.2 Å². The Labute approximate surface area is 163 Å². The maximum absolute atomic E-state index is 12.5. The molecule has 0 aliphatic heterocycles. The van der Waals surface area contributed by atoms with E-state index in [1.54, 1.807) is 18.2 Å². The molecule has 0 unspecified atom stereocenters. The van der Waals surface area contributed by atoms with Crippen LogP contribution in [0.15, 0.2) is 42.5 Å². The van der Waals surface area contributed by atoms with Crippen LogP contribution in [0.2, 0.25) is 0 Å². The van der Waals surface area contributed by atoms with Gasteiger partial charge in [-0.25, -0.2) is 0 Å². The van der Waals surface area contributed by atoms with E-state index in [0.717, 1.165) is 11.1 Å². The Morgan fingerprint density at radius 2 is 1.89 bits per heavy atom. The number of hydrogen-bond acceptors (Lipinski definition) is 4. The molecule has 2 aromatic carbocycles. The molecule has 0 aromatic heterocycles. The van der Waals surface area contributed by atoms with Crippen LogP contribution >= 0.6 is 0 Å². The zero-order valence-corrected chi connectivity index (χ0v) is 16.2. The van der Waals surface area contributed by atoms with Crippen molar-refractivity contribution in [2.24, 2.45) is 0 Å². The number of amides is 1. The number of rotatable bonds is 10. The number of alkyl halides is 2. The molecular weight excluding hydrogens is 368 g/mol. The highest BCUT2D eigenvalue weighted by atomic mass is 19.3. The fourth-order valence-corrected chi connectivity index (χ4v) is 2.57. The largest absolute Gasteiger partial charge is 0.493 e. The number of carbonyl (C=O) groups excluding carboxylic acids is 1. The lowest BCUT2D eigenvalue weighted by molar-refractivity contribution is -0.123. The summed E-state index contributed by atoms with van der Waals surface area (Å²) in [5.74, 6) is 0.957. The van der Waals surface area contributed by atoms with Gasteiger partial charge in [0.25, 0.3) is 5.91 Å². The SMILES string of the molecule is COc1ccc(CCNC(=O)COc2cccc(C(C)C)c2)cc1OC(F)F. The van der Waals surface area contributed by atoms with Crippen LogP contribution in [0.5, 0.6) is 17.2 Å². The maximum atomic E-state index is 12.5. The number of nitrogens with one attached hydrogen (secondary N) is 1. The Morgan fingerprint density at radius 3 is 2.57 bits per heavy atom. The summed E-state index contributed by atoms with van der Waals surface area (Å²) < 4.78 is 39.9. The van der Waals surface area contributed by atoms with Crippen LogP contribution in [0.3, 0.4) is 0 Å². The molecule has 0 spiro atoms. The van der Waals surface area contributed by atoms with Gasteiger partial charge < -0.3 is 19.5 Å². The molecule has 0 radical (unpaired) electrons. The third-order valence-corrected chi connectivity index (χ3v) is 4.07. The van der Waals surface area contributed by atoms with E-state index >= 15 is 0 Å². The van der Waals surface area contributed by atoms with Crippen molar-refractivity contribution in [1.29, 1.82) is 0 Å². The Balaban J connectivity index is 1.81. The summed E-state index contributed by atoms with van der Waals surface area (Å²) in [5.41, 5.74) is 1.88. The van der Waals surface area contributed by atoms with Crippen molar-refractivity contribution in [2.75, 3.05) is 20.3 Å². The maximum Gasteiger partial charge on any atom is 0.387 e. The fraction of sp³-hybridized carbons (Fsp3) is 0.381. The smallest absolute Gasteiger partial charge is 0.387 e. The summed E-state index contributed by atoms with van der Waals surface area (Å²) in [5, 5.41) is 2.74. The van der Waals surface area contributed by atoms with Crippen molar-refractivity contribution < 1.29 is 27.8 Å². The Hall–Kier alpha value is -2.83. The van der Waals surface area contributed by atoms with E-state index in [4.69, 9.17) is 9.47 Å². The van der Waals surface area contributed by atoms with Crippen LogP contribution in [0.4, 0.5) is 8.78 Å². The van der Waals surface area contributed by atoms with E-state index in [-0.39, 0.29) is 24.0 Å². The van der Waals surface area contributed by atoms with Gasteiger partial charge in [-0.1, -0.05) is 32.0 Å². The quantitative estimate of drug-likeness (QED) is 0.659. The van der Waals surface area contributed by atoms with E-state index < -0.39 is 6.61 Å². The molecule has 152 valence electrons. The summed E-state index contributed by atoms with van der Waals surface area (Å²) in [4.78, 5) is 12.0. The van der Waals surface area contributed by atoms with Crippen molar-refractivity contribution in [3.05, 3.63) is 53.6 Å². The lowest BCUT2D eigenvalue weighted by Crippen LogP contribution is -2.30. The Kier molecular flexibility index (Phi) is 8.04. The van der Waals surface area contributed by atoms with E-state index in [2.05, 4.69) is 23.9 Å². The van der Waals surface area contributed by atoms with Crippen molar-refractivity contribution in [2.45, 2.75) is 32.8 Å². The van der Waals surface area contributed by atoms with Gasteiger partial charge in [-0.15, -0.1) is 0 Å². The predicted octanol–water partition coefficient (Wildman–Crippen LogP) is 4.16. The molecule has 0 saturated carbocycles. The summed E-state index contributed by atoms with van der Waals surface area (Å²) in [6, 6.07) is 12.4. The number of halogens is 2. The first-order valence-corrected chi connectivity index (χ1v) is 9.00. The van der Waals surface area contributed by atoms with Gasteiger partial charge in [0.1, 0.15) is 5.75 Å². The number of hydrogen-bond donors (Lipinski definition) is 1. The van der Waals surface area contributed by atoms with Gasteiger partial charge in [0.15, 0.2) is 18.1 Å². The predicted molar refractivity (Wildman–Crippen MR) is 102 cm³/mol. The molecule has 1 amide bonds. The first kappa shape index (κ1) is 21.5. The first-order chi connectivity index (χ1) is 13.4. The molecule has 0 fully saturated rings. The Bertz CT molecular complexity index is 781. The van der Waals surface area contributed by atoms with Crippen LogP contribution < -0.4 is 19.5 Å². The molecule has 1 N–H and O–H groups in total.